The van der Waals surface area contributed by atoms with Gasteiger partial charge in [0.2, 0.25) is 11.7 Å². The van der Waals surface area contributed by atoms with E-state index in [-0.39, 0.29) is 24.3 Å². The quantitative estimate of drug-likeness (QED) is 0.787. The molecule has 0 aliphatic heterocycles. The first kappa shape index (κ1) is 14.2. The Hall–Kier alpha value is -1.82. The Morgan fingerprint density at radius 1 is 1.50 bits per heavy atom. The van der Waals surface area contributed by atoms with Crippen molar-refractivity contribution in [3.63, 3.8) is 0 Å². The van der Waals surface area contributed by atoms with Crippen molar-refractivity contribution in [3.05, 3.63) is 23.7 Å². The molecule has 1 aromatic heterocycles. The highest BCUT2D eigenvalue weighted by Crippen LogP contribution is 2.21. The molecule has 1 atom stereocenters. The van der Waals surface area contributed by atoms with Crippen molar-refractivity contribution in [1.29, 1.82) is 0 Å². The fourth-order valence-corrected chi connectivity index (χ4v) is 1.45. The molecule has 0 bridgehead atoms. The number of nitrogens with zero attached hydrogens (tertiary/aromatic N) is 1. The molecular weight excluding hydrogens is 236 g/mol. The second-order valence-electron chi connectivity index (χ2n) is 3.96. The van der Waals surface area contributed by atoms with Crippen LogP contribution >= 0.6 is 0 Å². The zero-order chi connectivity index (χ0) is 13.7. The van der Waals surface area contributed by atoms with Crippen LogP contribution in [0.1, 0.15) is 29.3 Å². The molecule has 1 amide bonds. The molecule has 0 fully saturated rings. The first-order valence-electron chi connectivity index (χ1n) is 5.58. The molecule has 18 heavy (non-hydrogen) atoms. The van der Waals surface area contributed by atoms with Gasteiger partial charge in [0.1, 0.15) is 5.76 Å². The van der Waals surface area contributed by atoms with Gasteiger partial charge in [-0.3, -0.25) is 9.69 Å². The Bertz CT molecular complexity index is 427. The minimum absolute atomic E-state index is 0.0795. The second kappa shape index (κ2) is 6.20. The number of likely N-dealkylation sites (N-methyl/N-ethyl adjacent to an activating group) is 2. The number of carbonyl (C=O) groups is 2. The minimum atomic E-state index is -0.512. The van der Waals surface area contributed by atoms with Gasteiger partial charge in [-0.2, -0.15) is 0 Å². The smallest absolute Gasteiger partial charge is 0.373 e. The maximum Gasteiger partial charge on any atom is 0.373 e. The van der Waals surface area contributed by atoms with Crippen LogP contribution in [0.4, 0.5) is 0 Å². The van der Waals surface area contributed by atoms with Crippen molar-refractivity contribution in [3.8, 4) is 0 Å². The molecular formula is C12H18N2O4. The molecule has 6 nitrogen and oxygen atoms in total. The van der Waals surface area contributed by atoms with E-state index < -0.39 is 5.97 Å². The topological polar surface area (TPSA) is 71.8 Å². The van der Waals surface area contributed by atoms with E-state index in [2.05, 4.69) is 10.1 Å². The van der Waals surface area contributed by atoms with E-state index in [9.17, 15) is 9.59 Å². The summed E-state index contributed by atoms with van der Waals surface area (Å²) in [7, 11) is 4.69. The minimum Gasteiger partial charge on any atom is -0.463 e. The zero-order valence-corrected chi connectivity index (χ0v) is 11.0. The Morgan fingerprint density at radius 3 is 2.72 bits per heavy atom. The van der Waals surface area contributed by atoms with Crippen LogP contribution in [0.25, 0.3) is 0 Å². The maximum atomic E-state index is 11.3. The normalized spacial score (nSPS) is 12.3. The van der Waals surface area contributed by atoms with Gasteiger partial charge < -0.3 is 14.5 Å². The van der Waals surface area contributed by atoms with E-state index in [1.807, 2.05) is 11.8 Å². The number of carbonyl (C=O) groups excluding carboxylic acids is 2. The molecule has 0 aliphatic rings. The molecule has 0 radical (unpaired) electrons. The number of hydrogen-bond acceptors (Lipinski definition) is 5. The summed E-state index contributed by atoms with van der Waals surface area (Å²) < 4.78 is 9.95. The lowest BCUT2D eigenvalue weighted by atomic mass is 10.2. The third-order valence-electron chi connectivity index (χ3n) is 2.76. The number of ether oxygens (including phenoxy) is 1. The molecule has 1 aromatic rings. The average Bonchev–Trinajstić information content (AvgIpc) is 2.86. The summed E-state index contributed by atoms with van der Waals surface area (Å²) in [6, 6.07) is 3.16. The third-order valence-corrected chi connectivity index (χ3v) is 2.76. The van der Waals surface area contributed by atoms with Gasteiger partial charge in [0.05, 0.1) is 19.7 Å². The van der Waals surface area contributed by atoms with Crippen molar-refractivity contribution in [2.45, 2.75) is 13.0 Å². The van der Waals surface area contributed by atoms with Crippen molar-refractivity contribution in [2.24, 2.45) is 0 Å². The number of nitrogens with one attached hydrogen (secondary N) is 1. The largest absolute Gasteiger partial charge is 0.463 e. The zero-order valence-electron chi connectivity index (χ0n) is 11.0. The molecule has 1 N–H and O–H groups in total. The van der Waals surface area contributed by atoms with E-state index in [4.69, 9.17) is 4.42 Å². The number of esters is 1. The van der Waals surface area contributed by atoms with Gasteiger partial charge in [-0.25, -0.2) is 4.79 Å². The van der Waals surface area contributed by atoms with Gasteiger partial charge >= 0.3 is 5.97 Å². The standard InChI is InChI=1S/C12H18N2O4/c1-8(14(3)7-11(15)13-2)9-5-6-10(18-9)12(16)17-4/h5-6,8H,7H2,1-4H3,(H,13,15). The highest BCUT2D eigenvalue weighted by atomic mass is 16.5. The van der Waals surface area contributed by atoms with E-state index in [0.29, 0.717) is 5.76 Å². The average molecular weight is 254 g/mol. The molecule has 0 spiro atoms. The van der Waals surface area contributed by atoms with E-state index in [1.165, 1.54) is 7.11 Å². The predicted molar refractivity (Wildman–Crippen MR) is 65.2 cm³/mol. The van der Waals surface area contributed by atoms with Crippen LogP contribution in [0.5, 0.6) is 0 Å². The molecule has 0 saturated heterocycles. The molecule has 100 valence electrons. The van der Waals surface area contributed by atoms with Gasteiger partial charge in [-0.15, -0.1) is 0 Å². The fourth-order valence-electron chi connectivity index (χ4n) is 1.45. The lowest BCUT2D eigenvalue weighted by molar-refractivity contribution is -0.121. The molecule has 1 heterocycles. The molecule has 0 saturated carbocycles. The lowest BCUT2D eigenvalue weighted by Gasteiger charge is -2.21. The summed E-state index contributed by atoms with van der Waals surface area (Å²) in [5.74, 6) is 0.181. The maximum absolute atomic E-state index is 11.3. The Labute approximate surface area is 106 Å². The monoisotopic (exact) mass is 254 g/mol. The number of hydrogen-bond donors (Lipinski definition) is 1. The summed E-state index contributed by atoms with van der Waals surface area (Å²) in [5, 5.41) is 2.55. The molecule has 6 heteroatoms. The summed E-state index contributed by atoms with van der Waals surface area (Å²) in [6.07, 6.45) is 0. The first-order chi connectivity index (χ1) is 8.49. The SMILES string of the molecule is CNC(=O)CN(C)C(C)c1ccc(C(=O)OC)o1. The van der Waals surface area contributed by atoms with Gasteiger partial charge in [0.15, 0.2) is 0 Å². The van der Waals surface area contributed by atoms with E-state index in [1.54, 1.807) is 26.2 Å². The fraction of sp³-hybridized carbons (Fsp3) is 0.500. The van der Waals surface area contributed by atoms with E-state index >= 15 is 0 Å². The molecule has 0 aliphatic carbocycles. The van der Waals surface area contributed by atoms with Crippen molar-refractivity contribution in [1.82, 2.24) is 10.2 Å². The number of furan rings is 1. The van der Waals surface area contributed by atoms with Gasteiger partial charge in [0, 0.05) is 7.05 Å². The molecule has 1 rings (SSSR count). The van der Waals surface area contributed by atoms with E-state index in [0.717, 1.165) is 0 Å². The third kappa shape index (κ3) is 3.33. The summed E-state index contributed by atoms with van der Waals surface area (Å²) in [4.78, 5) is 24.3. The Morgan fingerprint density at radius 2 is 2.17 bits per heavy atom. The second-order valence-corrected chi connectivity index (χ2v) is 3.96. The number of rotatable bonds is 5. The van der Waals surface area contributed by atoms with Crippen LogP contribution in [0, 0.1) is 0 Å². The summed E-state index contributed by atoms with van der Waals surface area (Å²) >= 11 is 0. The predicted octanol–water partition coefficient (Wildman–Crippen LogP) is 0.805. The summed E-state index contributed by atoms with van der Waals surface area (Å²) in [6.45, 7) is 2.15. The van der Waals surface area contributed by atoms with Crippen LogP contribution < -0.4 is 5.32 Å². The highest BCUT2D eigenvalue weighted by Gasteiger charge is 2.19. The summed E-state index contributed by atoms with van der Waals surface area (Å²) in [5.41, 5.74) is 0. The molecule has 0 aromatic carbocycles. The Kier molecular flexibility index (Phi) is 4.91. The number of methoxy groups -OCH3 is 1. The van der Waals surface area contributed by atoms with Crippen molar-refractivity contribution >= 4 is 11.9 Å². The van der Waals surface area contributed by atoms with Crippen molar-refractivity contribution < 1.29 is 18.7 Å². The van der Waals surface area contributed by atoms with Crippen LogP contribution in [-0.2, 0) is 9.53 Å². The lowest BCUT2D eigenvalue weighted by Crippen LogP contribution is -2.34. The Balaban J connectivity index is 2.71. The molecule has 1 unspecified atom stereocenters. The van der Waals surface area contributed by atoms with Crippen LogP contribution in [-0.4, -0.2) is 44.5 Å². The van der Waals surface area contributed by atoms with Gasteiger partial charge in [-0.05, 0) is 26.1 Å². The first-order valence-corrected chi connectivity index (χ1v) is 5.58. The van der Waals surface area contributed by atoms with Gasteiger partial charge in [0.25, 0.3) is 0 Å². The van der Waals surface area contributed by atoms with Crippen LogP contribution in [0.15, 0.2) is 16.5 Å². The highest BCUT2D eigenvalue weighted by molar-refractivity contribution is 5.86. The van der Waals surface area contributed by atoms with Gasteiger partial charge in [-0.1, -0.05) is 0 Å². The van der Waals surface area contributed by atoms with Crippen LogP contribution in [0.3, 0.4) is 0 Å². The van der Waals surface area contributed by atoms with Crippen LogP contribution in [0.2, 0.25) is 0 Å². The number of amides is 1. The van der Waals surface area contributed by atoms with Crippen molar-refractivity contribution in [2.75, 3.05) is 27.7 Å².